The number of hydrogen-bond donors (Lipinski definition) is 3. The molecule has 0 fully saturated rings. The van der Waals surface area contributed by atoms with Crippen LogP contribution >= 0.6 is 0 Å². The molecule has 0 spiro atoms. The van der Waals surface area contributed by atoms with Crippen molar-refractivity contribution >= 4 is 17.9 Å². The van der Waals surface area contributed by atoms with Gasteiger partial charge in [0.1, 0.15) is 10.8 Å². The zero-order valence-corrected chi connectivity index (χ0v) is 13.2. The van der Waals surface area contributed by atoms with Gasteiger partial charge in [-0.05, 0) is 24.8 Å². The average Bonchev–Trinajstić information content (AvgIpc) is 2.49. The Labute approximate surface area is 139 Å². The molecule has 2 unspecified atom stereocenters. The van der Waals surface area contributed by atoms with Crippen molar-refractivity contribution in [2.24, 2.45) is 10.8 Å². The summed E-state index contributed by atoms with van der Waals surface area (Å²) in [5.41, 5.74) is -3.87. The molecule has 0 heterocycles. The van der Waals surface area contributed by atoms with Gasteiger partial charge in [0, 0.05) is 0 Å². The molecule has 2 atom stereocenters. The third-order valence-corrected chi connectivity index (χ3v) is 4.24. The predicted octanol–water partition coefficient (Wildman–Crippen LogP) is 2.81. The monoisotopic (exact) mass is 332 g/mol. The van der Waals surface area contributed by atoms with Gasteiger partial charge in [-0.1, -0.05) is 30.4 Å². The highest BCUT2D eigenvalue weighted by Gasteiger charge is 2.60. The van der Waals surface area contributed by atoms with Crippen molar-refractivity contribution in [2.75, 3.05) is 0 Å². The van der Waals surface area contributed by atoms with E-state index in [1.165, 1.54) is 24.3 Å². The summed E-state index contributed by atoms with van der Waals surface area (Å²) < 4.78 is 0. The first-order valence-corrected chi connectivity index (χ1v) is 7.20. The summed E-state index contributed by atoms with van der Waals surface area (Å²) in [6.45, 7) is 10.6. The van der Waals surface area contributed by atoms with Crippen molar-refractivity contribution in [1.29, 1.82) is 0 Å². The Bertz CT molecular complexity index is 669. The molecule has 0 aromatic heterocycles. The van der Waals surface area contributed by atoms with Crippen LogP contribution in [0.2, 0.25) is 0 Å². The van der Waals surface area contributed by atoms with Crippen LogP contribution in [0.1, 0.15) is 19.3 Å². The maximum absolute atomic E-state index is 12.1. The molecule has 0 amide bonds. The molecule has 0 bridgehead atoms. The number of carboxylic acid groups (broad SMARTS) is 3. The van der Waals surface area contributed by atoms with Gasteiger partial charge in [-0.15, -0.1) is 19.7 Å². The van der Waals surface area contributed by atoms with Crippen LogP contribution < -0.4 is 0 Å². The number of hydrogen-bond acceptors (Lipinski definition) is 3. The number of carboxylic acids is 3. The summed E-state index contributed by atoms with van der Waals surface area (Å²) in [4.78, 5) is 35.7. The molecule has 0 saturated carbocycles. The molecule has 0 aromatic rings. The van der Waals surface area contributed by atoms with Crippen LogP contribution in [0.3, 0.4) is 0 Å². The Kier molecular flexibility index (Phi) is 5.69. The van der Waals surface area contributed by atoms with Gasteiger partial charge in [0.05, 0.1) is 5.57 Å². The van der Waals surface area contributed by atoms with E-state index in [-0.39, 0.29) is 30.4 Å². The van der Waals surface area contributed by atoms with Crippen LogP contribution in [-0.4, -0.2) is 33.2 Å². The van der Waals surface area contributed by atoms with Crippen LogP contribution in [0.25, 0.3) is 0 Å². The van der Waals surface area contributed by atoms with Crippen LogP contribution in [0, 0.1) is 10.8 Å². The third-order valence-electron chi connectivity index (χ3n) is 4.24. The van der Waals surface area contributed by atoms with Crippen molar-refractivity contribution in [1.82, 2.24) is 0 Å². The average molecular weight is 332 g/mol. The number of aliphatic carboxylic acids is 3. The van der Waals surface area contributed by atoms with Crippen LogP contribution in [-0.2, 0) is 14.4 Å². The van der Waals surface area contributed by atoms with Gasteiger partial charge in [0.2, 0.25) is 0 Å². The lowest BCUT2D eigenvalue weighted by Gasteiger charge is -2.44. The molecule has 0 saturated heterocycles. The quantitative estimate of drug-likeness (QED) is 0.560. The van der Waals surface area contributed by atoms with Gasteiger partial charge in [-0.3, -0.25) is 9.59 Å². The van der Waals surface area contributed by atoms with Crippen molar-refractivity contribution in [3.63, 3.8) is 0 Å². The molecule has 0 radical (unpaired) electrons. The van der Waals surface area contributed by atoms with Crippen LogP contribution in [0.15, 0.2) is 61.3 Å². The van der Waals surface area contributed by atoms with Crippen molar-refractivity contribution in [3.8, 4) is 0 Å². The number of carbonyl (C=O) groups is 3. The molecule has 128 valence electrons. The zero-order valence-electron chi connectivity index (χ0n) is 13.2. The molecule has 0 aromatic carbocycles. The molecular weight excluding hydrogens is 312 g/mol. The van der Waals surface area contributed by atoms with Crippen molar-refractivity contribution in [2.45, 2.75) is 19.3 Å². The molecule has 3 N–H and O–H groups in total. The van der Waals surface area contributed by atoms with Crippen LogP contribution in [0.5, 0.6) is 0 Å². The molecule has 0 aliphatic heterocycles. The second kappa shape index (κ2) is 7.12. The fraction of sp³-hybridized carbons (Fsp3) is 0.278. The Morgan fingerprint density at radius 2 is 1.33 bits per heavy atom. The minimum atomic E-state index is -1.98. The van der Waals surface area contributed by atoms with E-state index in [0.717, 1.165) is 6.08 Å². The Morgan fingerprint density at radius 3 is 1.67 bits per heavy atom. The molecule has 1 aliphatic carbocycles. The lowest BCUT2D eigenvalue weighted by Crippen LogP contribution is -2.52. The van der Waals surface area contributed by atoms with E-state index in [4.69, 9.17) is 0 Å². The van der Waals surface area contributed by atoms with E-state index >= 15 is 0 Å². The van der Waals surface area contributed by atoms with Crippen molar-refractivity contribution < 1.29 is 29.7 Å². The third kappa shape index (κ3) is 2.82. The minimum Gasteiger partial charge on any atom is -0.481 e. The highest BCUT2D eigenvalue weighted by Crippen LogP contribution is 2.53. The van der Waals surface area contributed by atoms with Gasteiger partial charge in [0.25, 0.3) is 0 Å². The second-order valence-corrected chi connectivity index (χ2v) is 5.56. The Morgan fingerprint density at radius 1 is 0.875 bits per heavy atom. The molecule has 1 aliphatic rings. The van der Waals surface area contributed by atoms with Gasteiger partial charge in [0.15, 0.2) is 0 Å². The Balaban J connectivity index is 3.90. The molecule has 6 nitrogen and oxygen atoms in total. The predicted molar refractivity (Wildman–Crippen MR) is 88.4 cm³/mol. The SMILES string of the molecule is C=CCC1=CC(CC=C)(C(=O)O)C(CC=C)(C(=O)O)C=C1C(=O)O. The van der Waals surface area contributed by atoms with Gasteiger partial charge < -0.3 is 15.3 Å². The highest BCUT2D eigenvalue weighted by atomic mass is 16.4. The maximum atomic E-state index is 12.1. The van der Waals surface area contributed by atoms with E-state index in [1.807, 2.05) is 0 Å². The van der Waals surface area contributed by atoms with E-state index in [9.17, 15) is 29.7 Å². The summed E-state index contributed by atoms with van der Waals surface area (Å²) in [5, 5.41) is 29.1. The normalized spacial score (nSPS) is 25.8. The summed E-state index contributed by atoms with van der Waals surface area (Å²) in [5.74, 6) is -4.12. The molecular formula is C18H20O6. The Hall–Kier alpha value is -2.89. The maximum Gasteiger partial charge on any atom is 0.335 e. The summed E-state index contributed by atoms with van der Waals surface area (Å²) in [6.07, 6.45) is 5.96. The fourth-order valence-electron chi connectivity index (χ4n) is 3.11. The first kappa shape index (κ1) is 19.2. The number of rotatable bonds is 9. The second-order valence-electron chi connectivity index (χ2n) is 5.56. The van der Waals surface area contributed by atoms with Gasteiger partial charge in [-0.25, -0.2) is 4.79 Å². The largest absolute Gasteiger partial charge is 0.481 e. The topological polar surface area (TPSA) is 112 Å². The summed E-state index contributed by atoms with van der Waals surface area (Å²) >= 11 is 0. The number of allylic oxidation sites excluding steroid dienone is 3. The summed E-state index contributed by atoms with van der Waals surface area (Å²) in [7, 11) is 0. The van der Waals surface area contributed by atoms with E-state index in [2.05, 4.69) is 19.7 Å². The summed E-state index contributed by atoms with van der Waals surface area (Å²) in [6, 6.07) is 0. The van der Waals surface area contributed by atoms with Crippen LogP contribution in [0.4, 0.5) is 0 Å². The van der Waals surface area contributed by atoms with E-state index < -0.39 is 28.7 Å². The molecule has 24 heavy (non-hydrogen) atoms. The molecule has 1 rings (SSSR count). The smallest absolute Gasteiger partial charge is 0.335 e. The minimum absolute atomic E-state index is 0.105. The van der Waals surface area contributed by atoms with Crippen molar-refractivity contribution in [3.05, 3.63) is 61.3 Å². The first-order valence-electron chi connectivity index (χ1n) is 7.20. The van der Waals surface area contributed by atoms with Gasteiger partial charge in [-0.2, -0.15) is 0 Å². The van der Waals surface area contributed by atoms with Gasteiger partial charge >= 0.3 is 17.9 Å². The lowest BCUT2D eigenvalue weighted by molar-refractivity contribution is -0.165. The first-order chi connectivity index (χ1) is 11.2. The zero-order chi connectivity index (χ0) is 18.5. The fourth-order valence-corrected chi connectivity index (χ4v) is 3.11. The van der Waals surface area contributed by atoms with E-state index in [0.29, 0.717) is 0 Å². The standard InChI is InChI=1S/C18H20O6/c1-4-7-12-10-17(8-5-2,15(21)22)18(9-6-3,16(23)24)11-13(12)14(19)20/h4-6,10-11H,1-3,7-9H2,(H,19,20)(H,21,22)(H,23,24). The van der Waals surface area contributed by atoms with E-state index in [1.54, 1.807) is 0 Å². The molecule has 6 heteroatoms. The highest BCUT2D eigenvalue weighted by molar-refractivity contribution is 5.98. The lowest BCUT2D eigenvalue weighted by atomic mass is 9.55.